The van der Waals surface area contributed by atoms with Crippen molar-refractivity contribution in [1.29, 1.82) is 0 Å². The first-order valence-corrected chi connectivity index (χ1v) is 7.49. The van der Waals surface area contributed by atoms with Crippen molar-refractivity contribution in [2.24, 2.45) is 0 Å². The Kier molecular flexibility index (Phi) is 5.97. The number of carbonyl (C=O) groups excluding carboxylic acids is 1. The van der Waals surface area contributed by atoms with Gasteiger partial charge in [0.15, 0.2) is 0 Å². The van der Waals surface area contributed by atoms with Crippen LogP contribution in [0.1, 0.15) is 10.4 Å². The molecule has 2 aromatic carbocycles. The first kappa shape index (κ1) is 17.6. The Morgan fingerprint density at radius 3 is 2.54 bits per heavy atom. The van der Waals surface area contributed by atoms with Gasteiger partial charge in [0.05, 0.1) is 18.1 Å². The molecule has 0 unspecified atom stereocenters. The fourth-order valence-electron chi connectivity index (χ4n) is 2.02. The number of hydrogen-bond donors (Lipinski definition) is 2. The molecule has 0 radical (unpaired) electrons. The number of amides is 1. The van der Waals surface area contributed by atoms with E-state index in [1.807, 2.05) is 0 Å². The van der Waals surface area contributed by atoms with Gasteiger partial charge in [0.2, 0.25) is 0 Å². The summed E-state index contributed by atoms with van der Waals surface area (Å²) in [5.41, 5.74) is 0.773. The highest BCUT2D eigenvalue weighted by Gasteiger charge is 2.14. The number of nitro benzene ring substituents is 1. The van der Waals surface area contributed by atoms with Crippen LogP contribution in [0.5, 0.6) is 5.75 Å². The third kappa shape index (κ3) is 4.60. The lowest BCUT2D eigenvalue weighted by Gasteiger charge is -2.09. The van der Waals surface area contributed by atoms with Crippen LogP contribution in [-0.2, 0) is 0 Å². The number of halogens is 1. The highest BCUT2D eigenvalue weighted by molar-refractivity contribution is 6.30. The van der Waals surface area contributed by atoms with E-state index in [0.29, 0.717) is 35.1 Å². The molecule has 24 heavy (non-hydrogen) atoms. The van der Waals surface area contributed by atoms with Crippen molar-refractivity contribution in [2.45, 2.75) is 0 Å². The zero-order valence-electron chi connectivity index (χ0n) is 12.9. The molecular weight excluding hydrogens is 334 g/mol. The van der Waals surface area contributed by atoms with E-state index in [0.717, 1.165) is 0 Å². The molecule has 0 aliphatic heterocycles. The smallest absolute Gasteiger partial charge is 0.296 e. The highest BCUT2D eigenvalue weighted by atomic mass is 35.5. The summed E-state index contributed by atoms with van der Waals surface area (Å²) in [6.07, 6.45) is 0. The first-order valence-electron chi connectivity index (χ1n) is 7.11. The Bertz CT molecular complexity index is 735. The van der Waals surface area contributed by atoms with E-state index in [9.17, 15) is 14.9 Å². The lowest BCUT2D eigenvalue weighted by Crippen LogP contribution is -2.28. The van der Waals surface area contributed by atoms with Crippen LogP contribution in [0.25, 0.3) is 0 Å². The van der Waals surface area contributed by atoms with Gasteiger partial charge in [-0.05, 0) is 36.4 Å². The fraction of sp³-hybridized carbons (Fsp3) is 0.188. The van der Waals surface area contributed by atoms with Crippen LogP contribution < -0.4 is 15.4 Å². The molecule has 0 aliphatic carbocycles. The standard InChI is InChI=1S/C16H16ClN3O4/c1-24-13-6-7-14(15(10-13)20(22)23)18-8-9-19-16(21)11-2-4-12(17)5-3-11/h2-7,10,18H,8-9H2,1H3,(H,19,21). The Hall–Kier alpha value is -2.80. The lowest BCUT2D eigenvalue weighted by atomic mass is 10.2. The number of rotatable bonds is 7. The number of carbonyl (C=O) groups is 1. The molecule has 0 heterocycles. The van der Waals surface area contributed by atoms with Crippen LogP contribution in [-0.4, -0.2) is 31.0 Å². The first-order chi connectivity index (χ1) is 11.5. The number of nitrogens with one attached hydrogen (secondary N) is 2. The van der Waals surface area contributed by atoms with Gasteiger partial charge in [-0.15, -0.1) is 0 Å². The summed E-state index contributed by atoms with van der Waals surface area (Å²) < 4.78 is 4.98. The van der Waals surface area contributed by atoms with Crippen molar-refractivity contribution in [1.82, 2.24) is 5.32 Å². The summed E-state index contributed by atoms with van der Waals surface area (Å²) in [4.78, 5) is 22.5. The number of anilines is 1. The normalized spacial score (nSPS) is 10.1. The van der Waals surface area contributed by atoms with Gasteiger partial charge >= 0.3 is 0 Å². The second kappa shape index (κ2) is 8.16. The van der Waals surface area contributed by atoms with E-state index in [4.69, 9.17) is 16.3 Å². The number of ether oxygens (including phenoxy) is 1. The molecule has 2 aromatic rings. The summed E-state index contributed by atoms with van der Waals surface area (Å²) in [5, 5.41) is 17.3. The summed E-state index contributed by atoms with van der Waals surface area (Å²) in [5.74, 6) is 0.168. The summed E-state index contributed by atoms with van der Waals surface area (Å²) in [6, 6.07) is 11.1. The Morgan fingerprint density at radius 2 is 1.92 bits per heavy atom. The zero-order chi connectivity index (χ0) is 17.5. The van der Waals surface area contributed by atoms with Crippen molar-refractivity contribution in [3.8, 4) is 5.75 Å². The number of nitrogens with zero attached hydrogens (tertiary/aromatic N) is 1. The minimum atomic E-state index is -0.489. The van der Waals surface area contributed by atoms with Crippen LogP contribution >= 0.6 is 11.6 Å². The molecule has 0 atom stereocenters. The molecule has 126 valence electrons. The van der Waals surface area contributed by atoms with E-state index in [-0.39, 0.29) is 11.6 Å². The molecular formula is C16H16ClN3O4. The van der Waals surface area contributed by atoms with E-state index in [1.54, 1.807) is 36.4 Å². The second-order valence-corrected chi connectivity index (χ2v) is 5.27. The summed E-state index contributed by atoms with van der Waals surface area (Å²) in [6.45, 7) is 0.650. The molecule has 0 saturated heterocycles. The van der Waals surface area contributed by atoms with Crippen molar-refractivity contribution in [3.05, 3.63) is 63.2 Å². The second-order valence-electron chi connectivity index (χ2n) is 4.83. The maximum atomic E-state index is 11.9. The van der Waals surface area contributed by atoms with Crippen molar-refractivity contribution < 1.29 is 14.5 Å². The third-order valence-corrected chi connectivity index (χ3v) is 3.49. The molecule has 0 fully saturated rings. The monoisotopic (exact) mass is 349 g/mol. The molecule has 2 N–H and O–H groups in total. The van der Waals surface area contributed by atoms with Gasteiger partial charge in [0.25, 0.3) is 11.6 Å². The summed E-state index contributed by atoms with van der Waals surface area (Å²) >= 11 is 5.77. The van der Waals surface area contributed by atoms with Gasteiger partial charge in [0.1, 0.15) is 11.4 Å². The van der Waals surface area contributed by atoms with Crippen LogP contribution in [0.15, 0.2) is 42.5 Å². The molecule has 0 saturated carbocycles. The van der Waals surface area contributed by atoms with Crippen LogP contribution in [0.4, 0.5) is 11.4 Å². The van der Waals surface area contributed by atoms with Gasteiger partial charge in [-0.2, -0.15) is 0 Å². The van der Waals surface area contributed by atoms with E-state index >= 15 is 0 Å². The molecule has 0 bridgehead atoms. The topological polar surface area (TPSA) is 93.5 Å². The molecule has 0 spiro atoms. The van der Waals surface area contributed by atoms with Gasteiger partial charge in [0, 0.05) is 23.7 Å². The predicted octanol–water partition coefficient (Wildman–Crippen LogP) is 3.10. The van der Waals surface area contributed by atoms with Gasteiger partial charge in [-0.3, -0.25) is 14.9 Å². The van der Waals surface area contributed by atoms with Gasteiger partial charge < -0.3 is 15.4 Å². The lowest BCUT2D eigenvalue weighted by molar-refractivity contribution is -0.384. The Balaban J connectivity index is 1.89. The minimum Gasteiger partial charge on any atom is -0.496 e. The average Bonchev–Trinajstić information content (AvgIpc) is 2.59. The zero-order valence-corrected chi connectivity index (χ0v) is 13.7. The quantitative estimate of drug-likeness (QED) is 0.455. The summed E-state index contributed by atoms with van der Waals surface area (Å²) in [7, 11) is 1.44. The minimum absolute atomic E-state index is 0.0848. The molecule has 0 aliphatic rings. The fourth-order valence-corrected chi connectivity index (χ4v) is 2.14. The molecule has 0 aromatic heterocycles. The molecule has 8 heteroatoms. The predicted molar refractivity (Wildman–Crippen MR) is 91.9 cm³/mol. The molecule has 1 amide bonds. The molecule has 7 nitrogen and oxygen atoms in total. The largest absolute Gasteiger partial charge is 0.496 e. The Labute approximate surface area is 143 Å². The highest BCUT2D eigenvalue weighted by Crippen LogP contribution is 2.28. The maximum Gasteiger partial charge on any atom is 0.296 e. The molecule has 2 rings (SSSR count). The third-order valence-electron chi connectivity index (χ3n) is 3.23. The van der Waals surface area contributed by atoms with Crippen molar-refractivity contribution >= 4 is 28.9 Å². The number of methoxy groups -OCH3 is 1. The van der Waals surface area contributed by atoms with Gasteiger partial charge in [-0.25, -0.2) is 0 Å². The SMILES string of the molecule is COc1ccc(NCCNC(=O)c2ccc(Cl)cc2)c([N+](=O)[O-])c1. The van der Waals surface area contributed by atoms with Crippen molar-refractivity contribution in [3.63, 3.8) is 0 Å². The van der Waals surface area contributed by atoms with E-state index < -0.39 is 4.92 Å². The average molecular weight is 350 g/mol. The van der Waals surface area contributed by atoms with E-state index in [2.05, 4.69) is 10.6 Å². The van der Waals surface area contributed by atoms with E-state index in [1.165, 1.54) is 13.2 Å². The van der Waals surface area contributed by atoms with Crippen LogP contribution in [0.3, 0.4) is 0 Å². The Morgan fingerprint density at radius 1 is 1.21 bits per heavy atom. The number of benzene rings is 2. The van der Waals surface area contributed by atoms with Crippen molar-refractivity contribution in [2.75, 3.05) is 25.5 Å². The van der Waals surface area contributed by atoms with Crippen LogP contribution in [0.2, 0.25) is 5.02 Å². The maximum absolute atomic E-state index is 11.9. The van der Waals surface area contributed by atoms with Crippen LogP contribution in [0, 0.1) is 10.1 Å². The van der Waals surface area contributed by atoms with Gasteiger partial charge in [-0.1, -0.05) is 11.6 Å². The number of nitro groups is 1. The number of hydrogen-bond acceptors (Lipinski definition) is 5.